The molecule has 0 saturated heterocycles. The normalized spacial score (nSPS) is 10.5. The maximum absolute atomic E-state index is 12.2. The van der Waals surface area contributed by atoms with E-state index >= 15 is 0 Å². The molecule has 1 amide bonds. The lowest BCUT2D eigenvalue weighted by atomic mass is 10.1. The van der Waals surface area contributed by atoms with Crippen LogP contribution in [0.5, 0.6) is 11.5 Å². The highest BCUT2D eigenvalue weighted by Gasteiger charge is 2.15. The lowest BCUT2D eigenvalue weighted by molar-refractivity contribution is 0.101. The molecule has 124 valence electrons. The summed E-state index contributed by atoms with van der Waals surface area (Å²) in [5, 5.41) is 9.12. The summed E-state index contributed by atoms with van der Waals surface area (Å²) in [6, 6.07) is 7.14. The number of benzene rings is 1. The molecule has 0 atom stereocenters. The molecule has 2 heterocycles. The molecule has 2 aromatic heterocycles. The van der Waals surface area contributed by atoms with Gasteiger partial charge in [-0.15, -0.1) is 11.3 Å². The van der Waals surface area contributed by atoms with Gasteiger partial charge in [-0.3, -0.25) is 14.8 Å². The minimum atomic E-state index is -0.256. The van der Waals surface area contributed by atoms with Gasteiger partial charge in [-0.05, 0) is 24.3 Å². The van der Waals surface area contributed by atoms with Crippen LogP contribution in [0.25, 0.3) is 11.3 Å². The first kappa shape index (κ1) is 16.0. The Hall–Kier alpha value is -2.87. The van der Waals surface area contributed by atoms with Crippen molar-refractivity contribution in [1.82, 2.24) is 14.8 Å². The summed E-state index contributed by atoms with van der Waals surface area (Å²) in [7, 11) is 4.91. The molecule has 3 rings (SSSR count). The quantitative estimate of drug-likeness (QED) is 0.770. The number of aromatic nitrogens is 3. The Bertz CT molecular complexity index is 872. The minimum absolute atomic E-state index is 0.256. The Kier molecular flexibility index (Phi) is 4.48. The smallest absolute Gasteiger partial charge is 0.275 e. The van der Waals surface area contributed by atoms with Gasteiger partial charge in [0.05, 0.1) is 19.9 Å². The van der Waals surface area contributed by atoms with Crippen LogP contribution in [0.3, 0.4) is 0 Å². The van der Waals surface area contributed by atoms with Gasteiger partial charge >= 0.3 is 0 Å². The zero-order valence-corrected chi connectivity index (χ0v) is 14.3. The van der Waals surface area contributed by atoms with Crippen LogP contribution < -0.4 is 14.8 Å². The molecule has 0 aliphatic heterocycles. The van der Waals surface area contributed by atoms with Crippen molar-refractivity contribution in [2.24, 2.45) is 7.05 Å². The van der Waals surface area contributed by atoms with E-state index in [2.05, 4.69) is 15.4 Å². The number of hydrogen-bond acceptors (Lipinski definition) is 6. The summed E-state index contributed by atoms with van der Waals surface area (Å²) in [4.78, 5) is 16.7. The predicted molar refractivity (Wildman–Crippen MR) is 91.8 cm³/mol. The van der Waals surface area contributed by atoms with Gasteiger partial charge in [0.15, 0.2) is 5.13 Å². The van der Waals surface area contributed by atoms with Crippen LogP contribution in [-0.4, -0.2) is 34.9 Å². The van der Waals surface area contributed by atoms with Crippen molar-refractivity contribution < 1.29 is 14.3 Å². The third kappa shape index (κ3) is 3.09. The average molecular weight is 344 g/mol. The largest absolute Gasteiger partial charge is 0.497 e. The number of rotatable bonds is 5. The van der Waals surface area contributed by atoms with Gasteiger partial charge in [0.25, 0.3) is 5.91 Å². The van der Waals surface area contributed by atoms with Crippen molar-refractivity contribution in [1.29, 1.82) is 0 Å². The van der Waals surface area contributed by atoms with E-state index in [1.807, 2.05) is 23.6 Å². The lowest BCUT2D eigenvalue weighted by Crippen LogP contribution is -2.15. The van der Waals surface area contributed by atoms with Gasteiger partial charge in [-0.1, -0.05) is 0 Å². The summed E-state index contributed by atoms with van der Waals surface area (Å²) in [6.45, 7) is 0. The molecule has 1 N–H and O–H groups in total. The van der Waals surface area contributed by atoms with Gasteiger partial charge in [-0.25, -0.2) is 4.98 Å². The van der Waals surface area contributed by atoms with Crippen LogP contribution in [0.2, 0.25) is 0 Å². The molecule has 3 aromatic rings. The van der Waals surface area contributed by atoms with Crippen molar-refractivity contribution in [3.63, 3.8) is 0 Å². The van der Waals surface area contributed by atoms with E-state index in [-0.39, 0.29) is 5.91 Å². The third-order valence-electron chi connectivity index (χ3n) is 3.46. The molecule has 0 fully saturated rings. The monoisotopic (exact) mass is 344 g/mol. The maximum Gasteiger partial charge on any atom is 0.275 e. The number of nitrogens with one attached hydrogen (secondary N) is 1. The zero-order chi connectivity index (χ0) is 17.1. The Morgan fingerprint density at radius 3 is 2.75 bits per heavy atom. The van der Waals surface area contributed by atoms with Gasteiger partial charge < -0.3 is 9.47 Å². The van der Waals surface area contributed by atoms with E-state index in [4.69, 9.17) is 9.47 Å². The first-order chi connectivity index (χ1) is 11.6. The van der Waals surface area contributed by atoms with Gasteiger partial charge in [0, 0.05) is 24.2 Å². The topological polar surface area (TPSA) is 78.3 Å². The fourth-order valence-electron chi connectivity index (χ4n) is 2.23. The van der Waals surface area contributed by atoms with Gasteiger partial charge in [0.2, 0.25) is 0 Å². The van der Waals surface area contributed by atoms with Gasteiger partial charge in [0.1, 0.15) is 17.2 Å². The molecule has 0 aliphatic rings. The van der Waals surface area contributed by atoms with E-state index in [0.29, 0.717) is 28.0 Å². The molecule has 0 bridgehead atoms. The number of methoxy groups -OCH3 is 2. The van der Waals surface area contributed by atoms with E-state index in [9.17, 15) is 4.79 Å². The highest BCUT2D eigenvalue weighted by molar-refractivity contribution is 7.14. The number of ether oxygens (including phenoxy) is 2. The molecular weight excluding hydrogens is 328 g/mol. The van der Waals surface area contributed by atoms with E-state index in [1.54, 1.807) is 33.5 Å². The van der Waals surface area contributed by atoms with Crippen molar-refractivity contribution in [3.8, 4) is 22.8 Å². The van der Waals surface area contributed by atoms with Crippen LogP contribution in [0.15, 0.2) is 35.8 Å². The minimum Gasteiger partial charge on any atom is -0.497 e. The molecule has 0 saturated carbocycles. The second-order valence-electron chi connectivity index (χ2n) is 4.90. The Morgan fingerprint density at radius 1 is 1.25 bits per heavy atom. The fraction of sp³-hybridized carbons (Fsp3) is 0.188. The van der Waals surface area contributed by atoms with E-state index in [1.165, 1.54) is 16.0 Å². The van der Waals surface area contributed by atoms with Crippen LogP contribution in [0, 0.1) is 0 Å². The number of carbonyl (C=O) groups is 1. The Morgan fingerprint density at radius 2 is 2.08 bits per heavy atom. The number of hydrogen-bond donors (Lipinski definition) is 1. The Labute approximate surface area is 142 Å². The SMILES string of the molecule is COc1ccc(OC)c(-c2csc(NC(=O)c3ccnn3C)n2)c1. The molecule has 0 spiro atoms. The number of anilines is 1. The molecule has 8 heteroatoms. The number of aryl methyl sites for hydroxylation is 1. The van der Waals surface area contributed by atoms with Crippen molar-refractivity contribution in [2.75, 3.05) is 19.5 Å². The number of amides is 1. The van der Waals surface area contributed by atoms with Gasteiger partial charge in [-0.2, -0.15) is 5.10 Å². The molecule has 1 aromatic carbocycles. The average Bonchev–Trinajstić information content (AvgIpc) is 3.23. The van der Waals surface area contributed by atoms with Crippen LogP contribution >= 0.6 is 11.3 Å². The fourth-order valence-corrected chi connectivity index (χ4v) is 2.93. The second kappa shape index (κ2) is 6.71. The predicted octanol–water partition coefficient (Wildman–Crippen LogP) is 2.81. The molecular formula is C16H16N4O3S. The summed E-state index contributed by atoms with van der Waals surface area (Å²) >= 11 is 1.34. The summed E-state index contributed by atoms with van der Waals surface area (Å²) in [5.41, 5.74) is 1.97. The Balaban J connectivity index is 1.86. The summed E-state index contributed by atoms with van der Waals surface area (Å²) < 4.78 is 12.1. The van der Waals surface area contributed by atoms with Crippen molar-refractivity contribution >= 4 is 22.4 Å². The molecule has 0 radical (unpaired) electrons. The molecule has 0 unspecified atom stereocenters. The van der Waals surface area contributed by atoms with Crippen LogP contribution in [-0.2, 0) is 7.05 Å². The highest BCUT2D eigenvalue weighted by Crippen LogP contribution is 2.35. The molecule has 7 nitrogen and oxygen atoms in total. The molecule has 24 heavy (non-hydrogen) atoms. The van der Waals surface area contributed by atoms with Crippen LogP contribution in [0.4, 0.5) is 5.13 Å². The molecule has 0 aliphatic carbocycles. The highest BCUT2D eigenvalue weighted by atomic mass is 32.1. The number of carbonyl (C=O) groups excluding carboxylic acids is 1. The lowest BCUT2D eigenvalue weighted by Gasteiger charge is -2.08. The standard InChI is InChI=1S/C16H16N4O3S/c1-20-13(6-7-17-20)15(21)19-16-18-12(9-24-16)11-8-10(22-2)4-5-14(11)23-3/h4-9H,1-3H3,(H,18,19,21). The first-order valence-corrected chi connectivity index (χ1v) is 7.97. The van der Waals surface area contributed by atoms with E-state index < -0.39 is 0 Å². The number of thiazole rings is 1. The van der Waals surface area contributed by atoms with Crippen LogP contribution in [0.1, 0.15) is 10.5 Å². The van der Waals surface area contributed by atoms with E-state index in [0.717, 1.165) is 5.56 Å². The zero-order valence-electron chi connectivity index (χ0n) is 13.4. The maximum atomic E-state index is 12.2. The van der Waals surface area contributed by atoms with Crippen molar-refractivity contribution in [3.05, 3.63) is 41.5 Å². The first-order valence-electron chi connectivity index (χ1n) is 7.09. The third-order valence-corrected chi connectivity index (χ3v) is 4.22. The summed E-state index contributed by atoms with van der Waals surface area (Å²) in [6.07, 6.45) is 1.57. The summed E-state index contributed by atoms with van der Waals surface area (Å²) in [5.74, 6) is 1.14. The second-order valence-corrected chi connectivity index (χ2v) is 5.76. The number of nitrogens with zero attached hydrogens (tertiary/aromatic N) is 3. The van der Waals surface area contributed by atoms with Crippen molar-refractivity contribution in [2.45, 2.75) is 0 Å².